The van der Waals surface area contributed by atoms with Crippen LogP contribution in [-0.4, -0.2) is 41.1 Å². The van der Waals surface area contributed by atoms with Gasteiger partial charge >= 0.3 is 5.97 Å². The molecule has 2 atom stereocenters. The Hall–Kier alpha value is -1.56. The van der Waals surface area contributed by atoms with Crippen LogP contribution in [0.15, 0.2) is 22.7 Å². The number of likely N-dealkylation sites (tertiary alicyclic amines) is 1. The monoisotopic (exact) mass is 355 g/mol. The largest absolute Gasteiger partial charge is 0.481 e. The molecule has 0 spiro atoms. The summed E-state index contributed by atoms with van der Waals surface area (Å²) in [5.74, 6) is -0.880. The van der Waals surface area contributed by atoms with Crippen molar-refractivity contribution in [1.82, 2.24) is 4.90 Å². The van der Waals surface area contributed by atoms with Crippen molar-refractivity contribution in [2.45, 2.75) is 26.4 Å². The van der Waals surface area contributed by atoms with E-state index < -0.39 is 18.0 Å². The Balaban J connectivity index is 1.98. The third kappa shape index (κ3) is 3.75. The first-order chi connectivity index (χ1) is 9.88. The van der Waals surface area contributed by atoms with Crippen molar-refractivity contribution in [3.63, 3.8) is 0 Å². The molecule has 1 N–H and O–H groups in total. The number of nitrogens with zero attached hydrogens (tertiary/aromatic N) is 1. The molecule has 0 radical (unpaired) electrons. The van der Waals surface area contributed by atoms with Crippen molar-refractivity contribution in [1.29, 1.82) is 0 Å². The summed E-state index contributed by atoms with van der Waals surface area (Å²) in [6.07, 6.45) is -0.140. The van der Waals surface area contributed by atoms with Crippen LogP contribution in [0.5, 0.6) is 5.75 Å². The number of carbonyl (C=O) groups excluding carboxylic acids is 1. The summed E-state index contributed by atoms with van der Waals surface area (Å²) >= 11 is 3.41. The number of carbonyl (C=O) groups is 2. The molecule has 1 amide bonds. The van der Waals surface area contributed by atoms with Gasteiger partial charge in [0.1, 0.15) is 5.75 Å². The van der Waals surface area contributed by atoms with Crippen molar-refractivity contribution in [3.8, 4) is 5.75 Å². The number of carboxylic acids is 1. The fourth-order valence-electron chi connectivity index (χ4n) is 2.36. The number of ether oxygens (including phenoxy) is 1. The van der Waals surface area contributed by atoms with Gasteiger partial charge in [-0.1, -0.05) is 6.07 Å². The maximum absolute atomic E-state index is 12.3. The third-order valence-corrected chi connectivity index (χ3v) is 4.21. The van der Waals surface area contributed by atoms with E-state index in [-0.39, 0.29) is 12.5 Å². The summed E-state index contributed by atoms with van der Waals surface area (Å²) in [6.45, 7) is 4.39. The average molecular weight is 356 g/mol. The maximum atomic E-state index is 12.3. The third-order valence-electron chi connectivity index (χ3n) is 3.59. The van der Waals surface area contributed by atoms with Gasteiger partial charge in [0.25, 0.3) is 5.91 Å². The fraction of sp³-hybridized carbons (Fsp3) is 0.467. The van der Waals surface area contributed by atoms with E-state index in [4.69, 9.17) is 9.84 Å². The van der Waals surface area contributed by atoms with E-state index in [1.54, 1.807) is 11.8 Å². The van der Waals surface area contributed by atoms with Crippen LogP contribution >= 0.6 is 15.9 Å². The quantitative estimate of drug-likeness (QED) is 0.900. The molecule has 5 nitrogen and oxygen atoms in total. The van der Waals surface area contributed by atoms with Crippen molar-refractivity contribution in [2.24, 2.45) is 5.92 Å². The number of aryl methyl sites for hydroxylation is 1. The van der Waals surface area contributed by atoms with Gasteiger partial charge in [0.05, 0.1) is 10.4 Å². The van der Waals surface area contributed by atoms with Gasteiger partial charge in [-0.15, -0.1) is 0 Å². The minimum Gasteiger partial charge on any atom is -0.481 e. The number of amides is 1. The summed E-state index contributed by atoms with van der Waals surface area (Å²) in [4.78, 5) is 24.8. The lowest BCUT2D eigenvalue weighted by molar-refractivity contribution is -0.142. The number of hydrogen-bond donors (Lipinski definition) is 1. The molecule has 0 bridgehead atoms. The molecule has 1 aromatic rings. The van der Waals surface area contributed by atoms with Gasteiger partial charge in [0, 0.05) is 13.1 Å². The lowest BCUT2D eigenvalue weighted by Gasteiger charge is -2.22. The first kappa shape index (κ1) is 15.8. The van der Waals surface area contributed by atoms with Crippen molar-refractivity contribution in [2.75, 3.05) is 13.1 Å². The van der Waals surface area contributed by atoms with E-state index in [1.807, 2.05) is 25.1 Å². The molecule has 114 valence electrons. The Morgan fingerprint density at radius 2 is 2.19 bits per heavy atom. The molecule has 1 aliphatic heterocycles. The van der Waals surface area contributed by atoms with Crippen molar-refractivity contribution in [3.05, 3.63) is 28.2 Å². The molecule has 21 heavy (non-hydrogen) atoms. The highest BCUT2D eigenvalue weighted by Gasteiger charge is 2.33. The molecule has 6 heteroatoms. The van der Waals surface area contributed by atoms with E-state index in [0.717, 1.165) is 10.0 Å². The first-order valence-electron chi connectivity index (χ1n) is 6.83. The number of aliphatic carboxylic acids is 1. The molecule has 1 fully saturated rings. The number of carboxylic acid groups (broad SMARTS) is 1. The first-order valence-corrected chi connectivity index (χ1v) is 7.62. The standard InChI is InChI=1S/C15H18BrNO4/c1-9-3-4-13(12(16)7-9)21-10(2)14(18)17-6-5-11(8-17)15(19)20/h3-4,7,10-11H,5-6,8H2,1-2H3,(H,19,20). The highest BCUT2D eigenvalue weighted by Crippen LogP contribution is 2.27. The summed E-state index contributed by atoms with van der Waals surface area (Å²) in [5.41, 5.74) is 1.09. The van der Waals surface area contributed by atoms with Crippen LogP contribution in [0.1, 0.15) is 18.9 Å². The number of benzene rings is 1. The van der Waals surface area contributed by atoms with Crippen LogP contribution in [0.2, 0.25) is 0 Å². The zero-order chi connectivity index (χ0) is 15.6. The van der Waals surface area contributed by atoms with E-state index in [1.165, 1.54) is 0 Å². The number of hydrogen-bond acceptors (Lipinski definition) is 3. The van der Waals surface area contributed by atoms with Crippen molar-refractivity contribution < 1.29 is 19.4 Å². The molecule has 2 rings (SSSR count). The van der Waals surface area contributed by atoms with Crippen LogP contribution in [0.25, 0.3) is 0 Å². The molecule has 2 unspecified atom stereocenters. The Morgan fingerprint density at radius 3 is 2.76 bits per heavy atom. The molecule has 0 aliphatic carbocycles. The summed E-state index contributed by atoms with van der Waals surface area (Å²) < 4.78 is 6.48. The van der Waals surface area contributed by atoms with Gasteiger partial charge in [-0.2, -0.15) is 0 Å². The van der Waals surface area contributed by atoms with Gasteiger partial charge in [0.15, 0.2) is 6.10 Å². The normalized spacial score (nSPS) is 19.4. The molecule has 0 aromatic heterocycles. The number of rotatable bonds is 4. The topological polar surface area (TPSA) is 66.8 Å². The predicted octanol–water partition coefficient (Wildman–Crippen LogP) is 2.46. The SMILES string of the molecule is Cc1ccc(OC(C)C(=O)N2CCC(C(=O)O)C2)c(Br)c1. The average Bonchev–Trinajstić information content (AvgIpc) is 2.90. The van der Waals surface area contributed by atoms with E-state index in [2.05, 4.69) is 15.9 Å². The lowest BCUT2D eigenvalue weighted by Crippen LogP contribution is -2.39. The van der Waals surface area contributed by atoms with Gasteiger partial charge in [-0.25, -0.2) is 0 Å². The molecular formula is C15H18BrNO4. The number of halogens is 1. The smallest absolute Gasteiger partial charge is 0.308 e. The minimum atomic E-state index is -0.847. The zero-order valence-corrected chi connectivity index (χ0v) is 13.6. The van der Waals surface area contributed by atoms with Gasteiger partial charge in [-0.05, 0) is 53.9 Å². The van der Waals surface area contributed by atoms with Crippen LogP contribution in [0.3, 0.4) is 0 Å². The fourth-order valence-corrected chi connectivity index (χ4v) is 2.95. The minimum absolute atomic E-state index is 0.175. The molecule has 1 saturated heterocycles. The van der Waals surface area contributed by atoms with Crippen LogP contribution in [-0.2, 0) is 9.59 Å². The predicted molar refractivity (Wildman–Crippen MR) is 81.3 cm³/mol. The Kier molecular flexibility index (Phi) is 4.88. The van der Waals surface area contributed by atoms with Crippen molar-refractivity contribution >= 4 is 27.8 Å². The summed E-state index contributed by atoms with van der Waals surface area (Å²) in [6, 6.07) is 5.64. The second kappa shape index (κ2) is 6.47. The van der Waals surface area contributed by atoms with Crippen LogP contribution < -0.4 is 4.74 Å². The van der Waals surface area contributed by atoms with Gasteiger partial charge < -0.3 is 14.7 Å². The van der Waals surface area contributed by atoms with E-state index in [0.29, 0.717) is 18.7 Å². The van der Waals surface area contributed by atoms with Crippen LogP contribution in [0.4, 0.5) is 0 Å². The highest BCUT2D eigenvalue weighted by molar-refractivity contribution is 9.10. The molecule has 1 aliphatic rings. The molecule has 0 saturated carbocycles. The molecule has 1 aromatic carbocycles. The van der Waals surface area contributed by atoms with Gasteiger partial charge in [-0.3, -0.25) is 9.59 Å². The second-order valence-electron chi connectivity index (χ2n) is 5.30. The highest BCUT2D eigenvalue weighted by atomic mass is 79.9. The zero-order valence-electron chi connectivity index (χ0n) is 12.0. The molecular weight excluding hydrogens is 338 g/mol. The summed E-state index contributed by atoms with van der Waals surface area (Å²) in [7, 11) is 0. The van der Waals surface area contributed by atoms with E-state index >= 15 is 0 Å². The Labute approximate surface area is 132 Å². The molecule has 1 heterocycles. The Morgan fingerprint density at radius 1 is 1.48 bits per heavy atom. The Bertz CT molecular complexity index is 561. The van der Waals surface area contributed by atoms with Crippen LogP contribution in [0, 0.1) is 12.8 Å². The summed E-state index contributed by atoms with van der Waals surface area (Å²) in [5, 5.41) is 8.97. The maximum Gasteiger partial charge on any atom is 0.308 e. The second-order valence-corrected chi connectivity index (χ2v) is 6.16. The van der Waals surface area contributed by atoms with E-state index in [9.17, 15) is 9.59 Å². The van der Waals surface area contributed by atoms with Gasteiger partial charge in [0.2, 0.25) is 0 Å². The lowest BCUT2D eigenvalue weighted by atomic mass is 10.1.